The van der Waals surface area contributed by atoms with Crippen LogP contribution in [-0.2, 0) is 16.0 Å². The Morgan fingerprint density at radius 1 is 1.06 bits per heavy atom. The second-order valence-corrected chi connectivity index (χ2v) is 10.9. The molecule has 3 saturated heterocycles. The second kappa shape index (κ2) is 7.64. The van der Waals surface area contributed by atoms with Crippen LogP contribution in [0.2, 0.25) is 0 Å². The molecule has 5 aliphatic rings. The van der Waals surface area contributed by atoms with Crippen LogP contribution in [0.4, 0.5) is 0 Å². The first-order chi connectivity index (χ1) is 17.0. The Kier molecular flexibility index (Phi) is 4.61. The normalized spacial score (nSPS) is 31.7. The zero-order valence-corrected chi connectivity index (χ0v) is 19.6. The van der Waals surface area contributed by atoms with Gasteiger partial charge in [0.15, 0.2) is 0 Å². The van der Waals surface area contributed by atoms with E-state index in [1.807, 2.05) is 0 Å². The predicted molar refractivity (Wildman–Crippen MR) is 129 cm³/mol. The maximum atomic E-state index is 13.8. The number of carbonyl (C=O) groups excluding carboxylic acids is 2. The number of nitriles is 1. The number of fused-ring (bicyclic) bond motifs is 5. The van der Waals surface area contributed by atoms with Gasteiger partial charge in [-0.15, -0.1) is 0 Å². The van der Waals surface area contributed by atoms with Crippen LogP contribution >= 0.6 is 0 Å². The van der Waals surface area contributed by atoms with Crippen molar-refractivity contribution in [2.45, 2.75) is 61.9 Å². The van der Waals surface area contributed by atoms with Crippen molar-refractivity contribution in [3.63, 3.8) is 0 Å². The summed E-state index contributed by atoms with van der Waals surface area (Å²) >= 11 is 0. The number of hydrogen-bond donors (Lipinski definition) is 1. The molecule has 2 N–H and O–H groups in total. The fourth-order valence-electron chi connectivity index (χ4n) is 7.24. The highest BCUT2D eigenvalue weighted by atomic mass is 16.2. The molecule has 0 radical (unpaired) electrons. The number of carbonyl (C=O) groups is 2. The van der Waals surface area contributed by atoms with Crippen LogP contribution in [0.15, 0.2) is 48.5 Å². The molecule has 0 aromatic heterocycles. The molecule has 35 heavy (non-hydrogen) atoms. The van der Waals surface area contributed by atoms with Crippen molar-refractivity contribution >= 4 is 11.8 Å². The van der Waals surface area contributed by atoms with E-state index in [1.54, 1.807) is 4.90 Å². The van der Waals surface area contributed by atoms with E-state index in [-0.39, 0.29) is 42.0 Å². The standard InChI is InChI=1S/C28H29N5O2/c29-13-19-10-18-11-24(18)32(19)27(34)23(30)15-31-14-20-12-25(31)28(35)33(20)26-21-7-3-1-5-16(21)9-17-6-2-4-8-22(17)26/h1-8,18-20,23-26H,9-12,14-15,30H2/t18?,19-,20+,23-,24-,25+/m0/s1. The van der Waals surface area contributed by atoms with E-state index < -0.39 is 6.04 Å². The van der Waals surface area contributed by atoms with Crippen LogP contribution in [-0.4, -0.2) is 69.8 Å². The molecule has 7 heteroatoms. The summed E-state index contributed by atoms with van der Waals surface area (Å²) in [7, 11) is 0. The van der Waals surface area contributed by atoms with Gasteiger partial charge in [-0.2, -0.15) is 5.26 Å². The molecule has 2 aromatic rings. The Balaban J connectivity index is 1.11. The van der Waals surface area contributed by atoms with Gasteiger partial charge in [0.2, 0.25) is 11.8 Å². The summed E-state index contributed by atoms with van der Waals surface area (Å²) in [5.41, 5.74) is 11.4. The number of piperidine rings is 1. The fraction of sp³-hybridized carbons (Fsp3) is 0.464. The number of piperazine rings is 1. The Bertz CT molecular complexity index is 1220. The summed E-state index contributed by atoms with van der Waals surface area (Å²) in [5.74, 6) is 0.467. The van der Waals surface area contributed by atoms with E-state index in [1.165, 1.54) is 22.3 Å². The van der Waals surface area contributed by atoms with Crippen molar-refractivity contribution in [2.24, 2.45) is 11.7 Å². The van der Waals surface area contributed by atoms with E-state index in [2.05, 4.69) is 64.4 Å². The molecule has 2 aromatic carbocycles. The van der Waals surface area contributed by atoms with Gasteiger partial charge >= 0.3 is 0 Å². The summed E-state index contributed by atoms with van der Waals surface area (Å²) < 4.78 is 0. The molecule has 7 nitrogen and oxygen atoms in total. The van der Waals surface area contributed by atoms with Crippen LogP contribution in [0.3, 0.4) is 0 Å². The van der Waals surface area contributed by atoms with E-state index in [9.17, 15) is 14.9 Å². The van der Waals surface area contributed by atoms with Crippen molar-refractivity contribution < 1.29 is 9.59 Å². The maximum absolute atomic E-state index is 13.8. The molecule has 6 atom stereocenters. The summed E-state index contributed by atoms with van der Waals surface area (Å²) in [6, 6.07) is 18.1. The zero-order chi connectivity index (χ0) is 23.8. The lowest BCUT2D eigenvalue weighted by Crippen LogP contribution is -2.57. The van der Waals surface area contributed by atoms with Crippen LogP contribution < -0.4 is 5.73 Å². The fourth-order valence-corrected chi connectivity index (χ4v) is 7.24. The summed E-state index contributed by atoms with van der Waals surface area (Å²) in [6.45, 7) is 1.09. The molecule has 2 aliphatic carbocycles. The molecule has 3 heterocycles. The van der Waals surface area contributed by atoms with Crippen molar-refractivity contribution in [1.82, 2.24) is 14.7 Å². The van der Waals surface area contributed by atoms with E-state index >= 15 is 0 Å². The van der Waals surface area contributed by atoms with Gasteiger partial charge in [0.25, 0.3) is 0 Å². The van der Waals surface area contributed by atoms with E-state index in [0.717, 1.165) is 32.2 Å². The van der Waals surface area contributed by atoms with Crippen LogP contribution in [0.1, 0.15) is 47.6 Å². The minimum Gasteiger partial charge on any atom is -0.326 e. The van der Waals surface area contributed by atoms with Gasteiger partial charge in [0.1, 0.15) is 6.04 Å². The highest BCUT2D eigenvalue weighted by molar-refractivity contribution is 5.88. The molecule has 1 saturated carbocycles. The van der Waals surface area contributed by atoms with Crippen LogP contribution in [0.5, 0.6) is 0 Å². The quantitative estimate of drug-likeness (QED) is 0.740. The minimum absolute atomic E-state index is 0.0658. The first-order valence-corrected chi connectivity index (χ1v) is 12.7. The van der Waals surface area contributed by atoms with E-state index in [0.29, 0.717) is 12.5 Å². The largest absolute Gasteiger partial charge is 0.326 e. The van der Waals surface area contributed by atoms with Gasteiger partial charge in [-0.05, 0) is 53.9 Å². The lowest BCUT2D eigenvalue weighted by atomic mass is 9.81. The second-order valence-electron chi connectivity index (χ2n) is 10.9. The Hall–Kier alpha value is -3.21. The average Bonchev–Trinajstić information content (AvgIpc) is 3.19. The number of benzene rings is 2. The molecule has 1 unspecified atom stereocenters. The summed E-state index contributed by atoms with van der Waals surface area (Å²) in [4.78, 5) is 32.8. The Labute approximate surface area is 205 Å². The topological polar surface area (TPSA) is 93.7 Å². The Morgan fingerprint density at radius 2 is 1.74 bits per heavy atom. The van der Waals surface area contributed by atoms with Gasteiger partial charge < -0.3 is 15.5 Å². The van der Waals surface area contributed by atoms with Gasteiger partial charge in [-0.25, -0.2) is 0 Å². The number of amides is 2. The maximum Gasteiger partial charge on any atom is 0.242 e. The molecule has 4 fully saturated rings. The van der Waals surface area contributed by atoms with Crippen LogP contribution in [0.25, 0.3) is 0 Å². The van der Waals surface area contributed by atoms with Gasteiger partial charge in [-0.1, -0.05) is 48.5 Å². The molecule has 0 spiro atoms. The molecular weight excluding hydrogens is 438 g/mol. The zero-order valence-electron chi connectivity index (χ0n) is 19.6. The molecule has 3 aliphatic heterocycles. The third-order valence-corrected chi connectivity index (χ3v) is 8.93. The van der Waals surface area contributed by atoms with E-state index in [4.69, 9.17) is 5.73 Å². The SMILES string of the molecule is N#C[C@@H]1CC2C[C@@H]2N1C(=O)[C@@H](N)CN1C[C@H]2C[C@@H]1C(=O)N2C1c2ccccc2Cc2ccccc21. The smallest absolute Gasteiger partial charge is 0.242 e. The van der Waals surface area contributed by atoms with Crippen LogP contribution in [0, 0.1) is 17.2 Å². The lowest BCUT2D eigenvalue weighted by Gasteiger charge is -2.42. The number of nitrogens with two attached hydrogens (primary N) is 1. The first kappa shape index (κ1) is 21.1. The predicted octanol–water partition coefficient (Wildman–Crippen LogP) is 1.81. The third-order valence-electron chi connectivity index (χ3n) is 8.93. The average molecular weight is 468 g/mol. The van der Waals surface area contributed by atoms with Crippen molar-refractivity contribution in [3.8, 4) is 6.07 Å². The van der Waals surface area contributed by atoms with Crippen molar-refractivity contribution in [1.29, 1.82) is 5.26 Å². The third kappa shape index (κ3) is 3.10. The molecule has 2 bridgehead atoms. The summed E-state index contributed by atoms with van der Waals surface area (Å²) in [5, 5.41) is 9.46. The van der Waals surface area contributed by atoms with Crippen molar-refractivity contribution in [2.75, 3.05) is 13.1 Å². The first-order valence-electron chi connectivity index (χ1n) is 12.7. The molecule has 2 amide bonds. The number of rotatable bonds is 4. The Morgan fingerprint density at radius 3 is 2.40 bits per heavy atom. The lowest BCUT2D eigenvalue weighted by molar-refractivity contribution is -0.140. The van der Waals surface area contributed by atoms with Gasteiger partial charge in [-0.3, -0.25) is 14.5 Å². The summed E-state index contributed by atoms with van der Waals surface area (Å²) in [6.07, 6.45) is 3.43. The molecule has 178 valence electrons. The van der Waals surface area contributed by atoms with Gasteiger partial charge in [0.05, 0.1) is 24.2 Å². The molecule has 7 rings (SSSR count). The minimum atomic E-state index is -0.707. The highest BCUT2D eigenvalue weighted by Crippen LogP contribution is 2.48. The number of hydrogen-bond acceptors (Lipinski definition) is 5. The van der Waals surface area contributed by atoms with Crippen molar-refractivity contribution in [3.05, 3.63) is 70.8 Å². The number of nitrogens with zero attached hydrogens (tertiary/aromatic N) is 4. The monoisotopic (exact) mass is 467 g/mol. The highest BCUT2D eigenvalue weighted by Gasteiger charge is 2.56. The molecular formula is C28H29N5O2. The van der Waals surface area contributed by atoms with Gasteiger partial charge in [0, 0.05) is 25.2 Å². The number of likely N-dealkylation sites (tertiary alicyclic amines) is 3.